The van der Waals surface area contributed by atoms with Crippen molar-refractivity contribution >= 4 is 21.7 Å². The maximum Gasteiger partial charge on any atom is 0.243 e. The standard InChI is InChI=1S/C21H24N4O5S/c1-13-16-4-6-19(26)24(2)21(16)23-20(22-13)14-7-8-25(12-14)31(27,28)15-3-5-17-18(11-15)30-10-9-29-17/h3,5,11,14H,4,6-10,12H2,1-2H3. The Kier molecular flexibility index (Phi) is 4.86. The molecule has 0 radical (unpaired) electrons. The van der Waals surface area contributed by atoms with E-state index in [4.69, 9.17) is 9.47 Å². The lowest BCUT2D eigenvalue weighted by Gasteiger charge is -2.26. The van der Waals surface area contributed by atoms with E-state index in [1.807, 2.05) is 6.92 Å². The van der Waals surface area contributed by atoms with Gasteiger partial charge in [-0.25, -0.2) is 18.4 Å². The monoisotopic (exact) mass is 444 g/mol. The zero-order valence-electron chi connectivity index (χ0n) is 17.5. The number of amides is 1. The van der Waals surface area contributed by atoms with Gasteiger partial charge in [-0.05, 0) is 31.9 Å². The van der Waals surface area contributed by atoms with Crippen molar-refractivity contribution in [3.63, 3.8) is 0 Å². The molecule has 5 rings (SSSR count). The second-order valence-electron chi connectivity index (χ2n) is 8.08. The third-order valence-corrected chi connectivity index (χ3v) is 8.02. The third kappa shape index (κ3) is 3.43. The van der Waals surface area contributed by atoms with E-state index in [1.165, 1.54) is 10.4 Å². The van der Waals surface area contributed by atoms with E-state index in [0.717, 1.165) is 11.3 Å². The zero-order valence-corrected chi connectivity index (χ0v) is 18.3. The van der Waals surface area contributed by atoms with Crippen LogP contribution in [0.4, 0.5) is 5.82 Å². The molecule has 1 saturated heterocycles. The summed E-state index contributed by atoms with van der Waals surface area (Å²) in [6, 6.07) is 4.71. The molecule has 10 heteroatoms. The van der Waals surface area contributed by atoms with Crippen molar-refractivity contribution in [3.05, 3.63) is 35.3 Å². The average Bonchev–Trinajstić information content (AvgIpc) is 3.27. The molecule has 1 unspecified atom stereocenters. The minimum Gasteiger partial charge on any atom is -0.486 e. The van der Waals surface area contributed by atoms with Crippen LogP contribution in [-0.4, -0.2) is 61.9 Å². The van der Waals surface area contributed by atoms with Crippen LogP contribution in [0.15, 0.2) is 23.1 Å². The molecule has 1 aromatic heterocycles. The van der Waals surface area contributed by atoms with E-state index < -0.39 is 10.0 Å². The predicted octanol–water partition coefficient (Wildman–Crippen LogP) is 1.64. The molecule has 1 fully saturated rings. The Morgan fingerprint density at radius 2 is 1.87 bits per heavy atom. The van der Waals surface area contributed by atoms with E-state index in [-0.39, 0.29) is 16.7 Å². The highest BCUT2D eigenvalue weighted by Gasteiger charge is 2.36. The maximum atomic E-state index is 13.2. The first kappa shape index (κ1) is 20.2. The fraction of sp³-hybridized carbons (Fsp3) is 0.476. The summed E-state index contributed by atoms with van der Waals surface area (Å²) in [6.07, 6.45) is 1.72. The van der Waals surface area contributed by atoms with Gasteiger partial charge in [-0.1, -0.05) is 0 Å². The smallest absolute Gasteiger partial charge is 0.243 e. The van der Waals surface area contributed by atoms with E-state index in [0.29, 0.717) is 68.7 Å². The number of aromatic nitrogens is 2. The highest BCUT2D eigenvalue weighted by molar-refractivity contribution is 7.89. The van der Waals surface area contributed by atoms with Crippen LogP contribution in [0, 0.1) is 6.92 Å². The van der Waals surface area contributed by atoms with Crippen molar-refractivity contribution in [2.45, 2.75) is 37.0 Å². The van der Waals surface area contributed by atoms with Gasteiger partial charge in [-0.15, -0.1) is 0 Å². The molecule has 1 atom stereocenters. The number of sulfonamides is 1. The number of aryl methyl sites for hydroxylation is 1. The summed E-state index contributed by atoms with van der Waals surface area (Å²) in [5, 5.41) is 0. The van der Waals surface area contributed by atoms with Crippen LogP contribution in [0.25, 0.3) is 0 Å². The highest BCUT2D eigenvalue weighted by Crippen LogP contribution is 2.36. The molecule has 1 aromatic carbocycles. The topological polar surface area (TPSA) is 102 Å². The van der Waals surface area contributed by atoms with Crippen LogP contribution in [0.1, 0.15) is 35.8 Å². The normalized spacial score (nSPS) is 21.3. The molecule has 2 aromatic rings. The summed E-state index contributed by atoms with van der Waals surface area (Å²) in [4.78, 5) is 23.2. The number of benzene rings is 1. The quantitative estimate of drug-likeness (QED) is 0.709. The predicted molar refractivity (Wildman–Crippen MR) is 112 cm³/mol. The first-order chi connectivity index (χ1) is 14.8. The van der Waals surface area contributed by atoms with Crippen molar-refractivity contribution in [2.75, 3.05) is 38.3 Å². The second kappa shape index (κ2) is 7.45. The van der Waals surface area contributed by atoms with Crippen molar-refractivity contribution in [1.29, 1.82) is 0 Å². The van der Waals surface area contributed by atoms with Gasteiger partial charge in [0.1, 0.15) is 24.9 Å². The minimum absolute atomic E-state index is 0.0331. The van der Waals surface area contributed by atoms with Gasteiger partial charge in [0.15, 0.2) is 11.5 Å². The number of anilines is 1. The van der Waals surface area contributed by atoms with Crippen LogP contribution in [0.3, 0.4) is 0 Å². The lowest BCUT2D eigenvalue weighted by atomic mass is 10.0. The van der Waals surface area contributed by atoms with Gasteiger partial charge in [0.05, 0.1) is 4.90 Å². The molecule has 0 N–H and O–H groups in total. The molecule has 0 aliphatic carbocycles. The third-order valence-electron chi connectivity index (χ3n) is 6.16. The summed E-state index contributed by atoms with van der Waals surface area (Å²) in [5.74, 6) is 2.15. The summed E-state index contributed by atoms with van der Waals surface area (Å²) >= 11 is 0. The SMILES string of the molecule is Cc1nc(C2CCN(S(=O)(=O)c3ccc4c(c3)OCCO4)C2)nc2c1CCC(=O)N2C. The van der Waals surface area contributed by atoms with Gasteiger partial charge in [0.25, 0.3) is 0 Å². The molecule has 1 amide bonds. The first-order valence-electron chi connectivity index (χ1n) is 10.4. The Balaban J connectivity index is 1.40. The zero-order chi connectivity index (χ0) is 21.8. The van der Waals surface area contributed by atoms with Crippen molar-refractivity contribution < 1.29 is 22.7 Å². The van der Waals surface area contributed by atoms with Gasteiger partial charge in [0, 0.05) is 49.8 Å². The van der Waals surface area contributed by atoms with Crippen LogP contribution < -0.4 is 14.4 Å². The van der Waals surface area contributed by atoms with Crippen molar-refractivity contribution in [2.24, 2.45) is 0 Å². The van der Waals surface area contributed by atoms with E-state index in [1.54, 1.807) is 24.1 Å². The summed E-state index contributed by atoms with van der Waals surface area (Å²) in [7, 11) is -1.96. The maximum absolute atomic E-state index is 13.2. The first-order valence-corrected chi connectivity index (χ1v) is 11.8. The summed E-state index contributed by atoms with van der Waals surface area (Å²) in [6.45, 7) is 3.46. The van der Waals surface area contributed by atoms with E-state index in [2.05, 4.69) is 9.97 Å². The molecule has 3 aliphatic rings. The Hall–Kier alpha value is -2.72. The van der Waals surface area contributed by atoms with Crippen molar-refractivity contribution in [3.8, 4) is 11.5 Å². The number of fused-ring (bicyclic) bond motifs is 2. The molecule has 3 aliphatic heterocycles. The average molecular weight is 445 g/mol. The Labute approximate surface area is 181 Å². The van der Waals surface area contributed by atoms with Gasteiger partial charge in [-0.2, -0.15) is 4.31 Å². The highest BCUT2D eigenvalue weighted by atomic mass is 32.2. The Morgan fingerprint density at radius 3 is 2.68 bits per heavy atom. The number of carbonyl (C=O) groups is 1. The number of ether oxygens (including phenoxy) is 2. The van der Waals surface area contributed by atoms with Gasteiger partial charge >= 0.3 is 0 Å². The number of nitrogens with zero attached hydrogens (tertiary/aromatic N) is 4. The van der Waals surface area contributed by atoms with E-state index >= 15 is 0 Å². The Bertz CT molecular complexity index is 1170. The molecular weight excluding hydrogens is 420 g/mol. The lowest BCUT2D eigenvalue weighted by molar-refractivity contribution is -0.118. The molecule has 9 nitrogen and oxygen atoms in total. The Morgan fingerprint density at radius 1 is 1.10 bits per heavy atom. The van der Waals surface area contributed by atoms with Gasteiger partial charge in [-0.3, -0.25) is 9.69 Å². The van der Waals surface area contributed by atoms with E-state index in [9.17, 15) is 13.2 Å². The lowest BCUT2D eigenvalue weighted by Crippen LogP contribution is -2.33. The summed E-state index contributed by atoms with van der Waals surface area (Å²) < 4.78 is 38.9. The number of hydrogen-bond donors (Lipinski definition) is 0. The molecule has 4 heterocycles. The number of rotatable bonds is 3. The fourth-order valence-corrected chi connectivity index (χ4v) is 5.88. The molecule has 31 heavy (non-hydrogen) atoms. The second-order valence-corrected chi connectivity index (χ2v) is 10.0. The largest absolute Gasteiger partial charge is 0.486 e. The van der Waals surface area contributed by atoms with Gasteiger partial charge in [0.2, 0.25) is 15.9 Å². The fourth-order valence-electron chi connectivity index (χ4n) is 4.36. The van der Waals surface area contributed by atoms with Crippen LogP contribution in [-0.2, 0) is 21.2 Å². The molecule has 0 spiro atoms. The molecule has 0 bridgehead atoms. The minimum atomic E-state index is -3.68. The van der Waals surface area contributed by atoms with Crippen LogP contribution in [0.2, 0.25) is 0 Å². The number of hydrogen-bond acceptors (Lipinski definition) is 7. The van der Waals surface area contributed by atoms with Crippen LogP contribution in [0.5, 0.6) is 11.5 Å². The van der Waals surface area contributed by atoms with Gasteiger partial charge < -0.3 is 9.47 Å². The molecule has 164 valence electrons. The summed E-state index contributed by atoms with van der Waals surface area (Å²) in [5.41, 5.74) is 1.84. The molecule has 0 saturated carbocycles. The van der Waals surface area contributed by atoms with Crippen molar-refractivity contribution in [1.82, 2.24) is 14.3 Å². The molecular formula is C21H24N4O5S. The number of carbonyl (C=O) groups excluding carboxylic acids is 1. The van der Waals surface area contributed by atoms with Crippen LogP contribution >= 0.6 is 0 Å².